The molecule has 0 unspecified atom stereocenters. The maximum Gasteiger partial charge on any atom is 0.317 e. The number of benzene rings is 1. The van der Waals surface area contributed by atoms with Crippen LogP contribution >= 0.6 is 0 Å². The van der Waals surface area contributed by atoms with Crippen LogP contribution in [0.1, 0.15) is 38.8 Å². The lowest BCUT2D eigenvalue weighted by atomic mass is 9.82. The first-order chi connectivity index (χ1) is 11.7. The zero-order valence-electron chi connectivity index (χ0n) is 16.5. The van der Waals surface area contributed by atoms with Crippen LogP contribution in [0.4, 0.5) is 4.79 Å². The zero-order valence-corrected chi connectivity index (χ0v) is 16.5. The lowest BCUT2D eigenvalue weighted by molar-refractivity contribution is 0.185. The van der Waals surface area contributed by atoms with Crippen molar-refractivity contribution in [2.45, 2.75) is 33.2 Å². The summed E-state index contributed by atoms with van der Waals surface area (Å²) in [5.41, 5.74) is 0.905. The van der Waals surface area contributed by atoms with Crippen LogP contribution in [0, 0.1) is 11.3 Å². The smallest absolute Gasteiger partial charge is 0.317 e. The van der Waals surface area contributed by atoms with E-state index in [9.17, 15) is 4.79 Å². The number of para-hydroxylation sites is 1. The molecule has 0 saturated carbocycles. The molecule has 140 valence electrons. The number of hydrogen-bond acceptors (Lipinski definition) is 3. The Balaban J connectivity index is 2.12. The molecule has 5 heteroatoms. The van der Waals surface area contributed by atoms with Crippen LogP contribution in [0.2, 0.25) is 0 Å². The van der Waals surface area contributed by atoms with Gasteiger partial charge in [-0.3, -0.25) is 0 Å². The molecule has 2 amide bonds. The summed E-state index contributed by atoms with van der Waals surface area (Å²) in [6, 6.07) is 7.84. The van der Waals surface area contributed by atoms with Gasteiger partial charge >= 0.3 is 6.03 Å². The number of amides is 2. The number of urea groups is 1. The van der Waals surface area contributed by atoms with Crippen molar-refractivity contribution in [3.63, 3.8) is 0 Å². The van der Waals surface area contributed by atoms with E-state index in [1.165, 1.54) is 0 Å². The molecule has 1 aromatic carbocycles. The number of nitrogens with one attached hydrogen (secondary N) is 1. The van der Waals surface area contributed by atoms with Gasteiger partial charge in [-0.15, -0.1) is 0 Å². The fourth-order valence-electron chi connectivity index (χ4n) is 3.56. The molecule has 0 spiro atoms. The third-order valence-electron chi connectivity index (χ3n) is 4.78. The Bertz CT molecular complexity index is 581. The lowest BCUT2D eigenvalue weighted by Gasteiger charge is -2.34. The molecule has 25 heavy (non-hydrogen) atoms. The molecule has 0 aromatic heterocycles. The fourth-order valence-corrected chi connectivity index (χ4v) is 3.56. The van der Waals surface area contributed by atoms with Crippen molar-refractivity contribution in [2.75, 3.05) is 40.8 Å². The zero-order chi connectivity index (χ0) is 18.6. The van der Waals surface area contributed by atoms with Crippen LogP contribution in [0.5, 0.6) is 5.75 Å². The second-order valence-corrected chi connectivity index (χ2v) is 8.35. The SMILES string of the molecule is COc1ccccc1[C@H](NC(=O)N1CC[C@@H](CN(C)C)C1)C(C)(C)C. The van der Waals surface area contributed by atoms with E-state index in [1.807, 2.05) is 29.2 Å². The second kappa shape index (κ2) is 8.09. The van der Waals surface area contributed by atoms with Crippen LogP contribution in [0.25, 0.3) is 0 Å². The summed E-state index contributed by atoms with van der Waals surface area (Å²) in [5, 5.41) is 3.26. The van der Waals surface area contributed by atoms with Gasteiger partial charge in [0.05, 0.1) is 13.2 Å². The van der Waals surface area contributed by atoms with Crippen molar-refractivity contribution < 1.29 is 9.53 Å². The van der Waals surface area contributed by atoms with E-state index in [2.05, 4.69) is 45.1 Å². The van der Waals surface area contributed by atoms with Gasteiger partial charge in [0.25, 0.3) is 0 Å². The first-order valence-corrected chi connectivity index (χ1v) is 9.05. The molecule has 1 aliphatic rings. The summed E-state index contributed by atoms with van der Waals surface area (Å²) in [6.45, 7) is 9.11. The highest BCUT2D eigenvalue weighted by atomic mass is 16.5. The predicted octanol–water partition coefficient (Wildman–Crippen LogP) is 3.38. The second-order valence-electron chi connectivity index (χ2n) is 8.35. The first kappa shape index (κ1) is 19.6. The van der Waals surface area contributed by atoms with Crippen LogP contribution in [-0.2, 0) is 0 Å². The van der Waals surface area contributed by atoms with Crippen molar-refractivity contribution in [1.29, 1.82) is 0 Å². The average molecular weight is 348 g/mol. The number of carbonyl (C=O) groups excluding carboxylic acids is 1. The van der Waals surface area contributed by atoms with Gasteiger partial charge < -0.3 is 19.9 Å². The minimum Gasteiger partial charge on any atom is -0.496 e. The minimum absolute atomic E-state index is 0.0205. The van der Waals surface area contributed by atoms with Gasteiger partial charge in [0, 0.05) is 25.2 Å². The van der Waals surface area contributed by atoms with E-state index < -0.39 is 0 Å². The Labute approximate surface area is 152 Å². The molecule has 1 aliphatic heterocycles. The highest BCUT2D eigenvalue weighted by Gasteiger charge is 2.33. The summed E-state index contributed by atoms with van der Waals surface area (Å²) in [5.74, 6) is 1.37. The average Bonchev–Trinajstić information content (AvgIpc) is 2.99. The Morgan fingerprint density at radius 1 is 1.36 bits per heavy atom. The van der Waals surface area contributed by atoms with Crippen LogP contribution in [-0.4, -0.2) is 56.7 Å². The third kappa shape index (κ3) is 5.11. The van der Waals surface area contributed by atoms with E-state index in [-0.39, 0.29) is 17.5 Å². The number of ether oxygens (including phenoxy) is 1. The summed E-state index contributed by atoms with van der Waals surface area (Å²) in [7, 11) is 5.84. The van der Waals surface area contributed by atoms with Gasteiger partial charge in [-0.1, -0.05) is 39.0 Å². The fraction of sp³-hybridized carbons (Fsp3) is 0.650. The van der Waals surface area contributed by atoms with Gasteiger partial charge in [-0.05, 0) is 37.9 Å². The molecule has 1 heterocycles. The molecule has 1 fully saturated rings. The first-order valence-electron chi connectivity index (χ1n) is 9.05. The highest BCUT2D eigenvalue weighted by molar-refractivity contribution is 5.75. The van der Waals surface area contributed by atoms with Crippen LogP contribution in [0.15, 0.2) is 24.3 Å². The molecular formula is C20H33N3O2. The molecule has 1 aromatic rings. The monoisotopic (exact) mass is 347 g/mol. The highest BCUT2D eigenvalue weighted by Crippen LogP contribution is 2.37. The number of rotatable bonds is 5. The van der Waals surface area contributed by atoms with Crippen LogP contribution < -0.4 is 10.1 Å². The van der Waals surface area contributed by atoms with Crippen molar-refractivity contribution >= 4 is 6.03 Å². The minimum atomic E-state index is -0.118. The predicted molar refractivity (Wildman–Crippen MR) is 102 cm³/mol. The van der Waals surface area contributed by atoms with Crippen LogP contribution in [0.3, 0.4) is 0 Å². The van der Waals surface area contributed by atoms with E-state index in [1.54, 1.807) is 7.11 Å². The van der Waals surface area contributed by atoms with Crippen molar-refractivity contribution in [1.82, 2.24) is 15.1 Å². The number of hydrogen-bond donors (Lipinski definition) is 1. The molecule has 0 aliphatic carbocycles. The third-order valence-corrected chi connectivity index (χ3v) is 4.78. The summed E-state index contributed by atoms with van der Waals surface area (Å²) in [4.78, 5) is 17.0. The summed E-state index contributed by atoms with van der Waals surface area (Å²) >= 11 is 0. The largest absolute Gasteiger partial charge is 0.496 e. The quantitative estimate of drug-likeness (QED) is 0.888. The van der Waals surface area contributed by atoms with Gasteiger partial charge in [-0.25, -0.2) is 4.79 Å². The molecule has 0 bridgehead atoms. The van der Waals surface area contributed by atoms with Gasteiger partial charge in [0.1, 0.15) is 5.75 Å². The Hall–Kier alpha value is -1.75. The lowest BCUT2D eigenvalue weighted by Crippen LogP contribution is -2.44. The maximum absolute atomic E-state index is 12.9. The molecule has 2 rings (SSSR count). The molecular weight excluding hydrogens is 314 g/mol. The van der Waals surface area contributed by atoms with E-state index in [4.69, 9.17) is 4.74 Å². The van der Waals surface area contributed by atoms with Crippen molar-refractivity contribution in [3.05, 3.63) is 29.8 Å². The summed E-state index contributed by atoms with van der Waals surface area (Å²) in [6.07, 6.45) is 1.07. The van der Waals surface area contributed by atoms with Crippen molar-refractivity contribution in [3.8, 4) is 5.75 Å². The molecule has 2 atom stereocenters. The van der Waals surface area contributed by atoms with Crippen molar-refractivity contribution in [2.24, 2.45) is 11.3 Å². The molecule has 1 saturated heterocycles. The Morgan fingerprint density at radius 3 is 2.64 bits per heavy atom. The molecule has 5 nitrogen and oxygen atoms in total. The number of likely N-dealkylation sites (tertiary alicyclic amines) is 1. The van der Waals surface area contributed by atoms with Gasteiger partial charge in [0.15, 0.2) is 0 Å². The van der Waals surface area contributed by atoms with Gasteiger partial charge in [-0.2, -0.15) is 0 Å². The topological polar surface area (TPSA) is 44.8 Å². The number of nitrogens with zero attached hydrogens (tertiary/aromatic N) is 2. The number of carbonyl (C=O) groups is 1. The number of methoxy groups -OCH3 is 1. The van der Waals surface area contributed by atoms with E-state index >= 15 is 0 Å². The van der Waals surface area contributed by atoms with E-state index in [0.29, 0.717) is 5.92 Å². The normalized spacial score (nSPS) is 19.2. The standard InChI is InChI=1S/C20H33N3O2/c1-20(2,3)18(16-9-7-8-10-17(16)25-6)21-19(24)23-12-11-15(14-23)13-22(4)5/h7-10,15,18H,11-14H2,1-6H3,(H,21,24)/t15-,18-/m0/s1. The Morgan fingerprint density at radius 2 is 2.04 bits per heavy atom. The maximum atomic E-state index is 12.9. The summed E-state index contributed by atoms with van der Waals surface area (Å²) < 4.78 is 5.52. The molecule has 0 radical (unpaired) electrons. The van der Waals surface area contributed by atoms with Gasteiger partial charge in [0.2, 0.25) is 0 Å². The molecule has 1 N–H and O–H groups in total. The Kier molecular flexibility index (Phi) is 6.33. The van der Waals surface area contributed by atoms with E-state index in [0.717, 1.165) is 37.4 Å².